The van der Waals surface area contributed by atoms with Crippen LogP contribution in [0.4, 0.5) is 0 Å². The highest BCUT2D eigenvalue weighted by Gasteiger charge is 2.07. The predicted molar refractivity (Wildman–Crippen MR) is 62.7 cm³/mol. The molecule has 0 spiro atoms. The maximum atomic E-state index is 5.77. The molecule has 0 aliphatic rings. The highest BCUT2D eigenvalue weighted by Crippen LogP contribution is 2.19. The molecule has 3 heteroatoms. The molecule has 2 heterocycles. The molecule has 0 bridgehead atoms. The van der Waals surface area contributed by atoms with Crippen LogP contribution in [0.25, 0.3) is 11.0 Å². The molecule has 2 rings (SSSR count). The molecule has 0 aliphatic heterocycles. The quantitative estimate of drug-likeness (QED) is 0.827. The fourth-order valence-electron chi connectivity index (χ4n) is 1.88. The van der Waals surface area contributed by atoms with Crippen LogP contribution in [-0.4, -0.2) is 15.6 Å². The van der Waals surface area contributed by atoms with Gasteiger partial charge in [-0.3, -0.25) is 0 Å². The molecule has 1 atom stereocenters. The number of fused-ring (bicyclic) bond motifs is 1. The van der Waals surface area contributed by atoms with Gasteiger partial charge in [-0.25, -0.2) is 4.98 Å². The Hall–Kier alpha value is -1.35. The molecule has 0 fully saturated rings. The van der Waals surface area contributed by atoms with Gasteiger partial charge in [0.1, 0.15) is 5.65 Å². The van der Waals surface area contributed by atoms with Crippen molar-refractivity contribution < 1.29 is 0 Å². The van der Waals surface area contributed by atoms with Gasteiger partial charge in [0.15, 0.2) is 0 Å². The van der Waals surface area contributed by atoms with Crippen LogP contribution in [0.1, 0.15) is 18.9 Å². The summed E-state index contributed by atoms with van der Waals surface area (Å²) in [5, 5.41) is 1.25. The van der Waals surface area contributed by atoms with E-state index in [-0.39, 0.29) is 6.04 Å². The number of nitrogens with two attached hydrogens (primary N) is 1. The van der Waals surface area contributed by atoms with Crippen molar-refractivity contribution in [2.24, 2.45) is 12.8 Å². The first kappa shape index (κ1) is 10.2. The van der Waals surface area contributed by atoms with E-state index in [2.05, 4.69) is 21.8 Å². The molecule has 0 saturated carbocycles. The third-order valence-corrected chi connectivity index (χ3v) is 2.69. The number of rotatable bonds is 3. The van der Waals surface area contributed by atoms with Crippen molar-refractivity contribution in [3.8, 4) is 0 Å². The van der Waals surface area contributed by atoms with Crippen molar-refractivity contribution in [1.82, 2.24) is 9.55 Å². The molecule has 80 valence electrons. The van der Waals surface area contributed by atoms with E-state index in [1.54, 1.807) is 0 Å². The van der Waals surface area contributed by atoms with E-state index in [1.807, 2.05) is 26.2 Å². The van der Waals surface area contributed by atoms with Gasteiger partial charge in [0.05, 0.1) is 0 Å². The van der Waals surface area contributed by atoms with Crippen molar-refractivity contribution in [3.05, 3.63) is 30.1 Å². The lowest BCUT2D eigenvalue weighted by Crippen LogP contribution is -2.15. The molecule has 2 N–H and O–H groups in total. The van der Waals surface area contributed by atoms with Gasteiger partial charge in [-0.15, -0.1) is 0 Å². The fraction of sp³-hybridized carbons (Fsp3) is 0.417. The van der Waals surface area contributed by atoms with Gasteiger partial charge in [0, 0.05) is 30.9 Å². The van der Waals surface area contributed by atoms with E-state index < -0.39 is 0 Å². The van der Waals surface area contributed by atoms with Crippen LogP contribution in [0.2, 0.25) is 0 Å². The minimum Gasteiger partial charge on any atom is -0.335 e. The normalized spacial score (nSPS) is 13.3. The maximum Gasteiger partial charge on any atom is 0.139 e. The summed E-state index contributed by atoms with van der Waals surface area (Å²) in [6.45, 7) is 2.05. The lowest BCUT2D eigenvalue weighted by atomic mass is 10.1. The van der Waals surface area contributed by atoms with E-state index in [0.717, 1.165) is 18.5 Å². The average molecular weight is 203 g/mol. The van der Waals surface area contributed by atoms with E-state index in [9.17, 15) is 0 Å². The molecule has 0 saturated heterocycles. The van der Waals surface area contributed by atoms with Gasteiger partial charge in [-0.2, -0.15) is 0 Å². The third-order valence-electron chi connectivity index (χ3n) is 2.69. The molecule has 15 heavy (non-hydrogen) atoms. The summed E-state index contributed by atoms with van der Waals surface area (Å²) in [4.78, 5) is 4.36. The summed E-state index contributed by atoms with van der Waals surface area (Å²) in [5.74, 6) is 0. The number of aromatic nitrogens is 2. The first-order valence-electron chi connectivity index (χ1n) is 5.33. The Morgan fingerprint density at radius 1 is 1.53 bits per heavy atom. The SMILES string of the molecule is C[C@@H](N)CCc1cn(C)c2ncccc12. The van der Waals surface area contributed by atoms with E-state index in [0.29, 0.717) is 0 Å². The Balaban J connectivity index is 2.35. The summed E-state index contributed by atoms with van der Waals surface area (Å²) in [7, 11) is 2.03. The van der Waals surface area contributed by atoms with Crippen LogP contribution in [-0.2, 0) is 13.5 Å². The summed E-state index contributed by atoms with van der Waals surface area (Å²) in [6, 6.07) is 4.37. The molecule has 0 amide bonds. The van der Waals surface area contributed by atoms with Gasteiger partial charge in [0.2, 0.25) is 0 Å². The van der Waals surface area contributed by atoms with Crippen LogP contribution >= 0.6 is 0 Å². The molecular weight excluding hydrogens is 186 g/mol. The molecule has 0 unspecified atom stereocenters. The molecule has 0 radical (unpaired) electrons. The number of aryl methyl sites for hydroxylation is 2. The number of hydrogen-bond donors (Lipinski definition) is 1. The first-order chi connectivity index (χ1) is 7.18. The Labute approximate surface area is 89.9 Å². The number of nitrogens with zero attached hydrogens (tertiary/aromatic N) is 2. The second-order valence-corrected chi connectivity index (χ2v) is 4.16. The zero-order valence-electron chi connectivity index (χ0n) is 9.27. The van der Waals surface area contributed by atoms with Gasteiger partial charge in [0.25, 0.3) is 0 Å². The van der Waals surface area contributed by atoms with Crippen LogP contribution in [0, 0.1) is 0 Å². The largest absolute Gasteiger partial charge is 0.335 e. The zero-order chi connectivity index (χ0) is 10.8. The topological polar surface area (TPSA) is 43.8 Å². The third kappa shape index (κ3) is 2.02. The Bertz CT molecular complexity index is 457. The predicted octanol–water partition coefficient (Wildman–Crippen LogP) is 1.85. The van der Waals surface area contributed by atoms with Crippen molar-refractivity contribution >= 4 is 11.0 Å². The molecule has 0 aliphatic carbocycles. The second-order valence-electron chi connectivity index (χ2n) is 4.16. The highest BCUT2D eigenvalue weighted by molar-refractivity contribution is 5.80. The Morgan fingerprint density at radius 2 is 2.33 bits per heavy atom. The lowest BCUT2D eigenvalue weighted by molar-refractivity contribution is 0.667. The molecule has 3 nitrogen and oxygen atoms in total. The average Bonchev–Trinajstić information content (AvgIpc) is 2.54. The van der Waals surface area contributed by atoms with Crippen LogP contribution < -0.4 is 5.73 Å². The summed E-state index contributed by atoms with van der Waals surface area (Å²) in [5.41, 5.74) is 8.17. The van der Waals surface area contributed by atoms with Crippen molar-refractivity contribution in [2.45, 2.75) is 25.8 Å². The number of pyridine rings is 1. The highest BCUT2D eigenvalue weighted by atomic mass is 15.0. The molecule has 2 aromatic heterocycles. The van der Waals surface area contributed by atoms with Gasteiger partial charge in [-0.05, 0) is 37.5 Å². The Kier molecular flexibility index (Phi) is 2.73. The van der Waals surface area contributed by atoms with Crippen LogP contribution in [0.15, 0.2) is 24.5 Å². The van der Waals surface area contributed by atoms with Crippen molar-refractivity contribution in [1.29, 1.82) is 0 Å². The minimum absolute atomic E-state index is 0.261. The first-order valence-corrected chi connectivity index (χ1v) is 5.33. The summed E-state index contributed by atoms with van der Waals surface area (Å²) < 4.78 is 2.08. The monoisotopic (exact) mass is 203 g/mol. The van der Waals surface area contributed by atoms with E-state index in [4.69, 9.17) is 5.73 Å². The fourth-order valence-corrected chi connectivity index (χ4v) is 1.88. The maximum absolute atomic E-state index is 5.77. The van der Waals surface area contributed by atoms with Crippen LogP contribution in [0.5, 0.6) is 0 Å². The Morgan fingerprint density at radius 3 is 3.07 bits per heavy atom. The molecular formula is C12H17N3. The van der Waals surface area contributed by atoms with Gasteiger partial charge < -0.3 is 10.3 Å². The van der Waals surface area contributed by atoms with E-state index in [1.165, 1.54) is 10.9 Å². The van der Waals surface area contributed by atoms with Gasteiger partial charge in [-0.1, -0.05) is 0 Å². The van der Waals surface area contributed by atoms with Crippen molar-refractivity contribution in [3.63, 3.8) is 0 Å². The summed E-state index contributed by atoms with van der Waals surface area (Å²) in [6.07, 6.45) is 6.03. The zero-order valence-corrected chi connectivity index (χ0v) is 9.27. The lowest BCUT2D eigenvalue weighted by Gasteiger charge is -2.02. The molecule has 0 aromatic carbocycles. The second kappa shape index (κ2) is 4.03. The number of hydrogen-bond acceptors (Lipinski definition) is 2. The summed E-state index contributed by atoms with van der Waals surface area (Å²) >= 11 is 0. The minimum atomic E-state index is 0.261. The van der Waals surface area contributed by atoms with Gasteiger partial charge >= 0.3 is 0 Å². The van der Waals surface area contributed by atoms with E-state index >= 15 is 0 Å². The standard InChI is InChI=1S/C12H17N3/c1-9(13)5-6-10-8-15(2)12-11(10)4-3-7-14-12/h3-4,7-9H,5-6,13H2,1-2H3/t9-/m1/s1. The molecule has 2 aromatic rings. The smallest absolute Gasteiger partial charge is 0.139 e. The van der Waals surface area contributed by atoms with Crippen LogP contribution in [0.3, 0.4) is 0 Å². The van der Waals surface area contributed by atoms with Crippen molar-refractivity contribution in [2.75, 3.05) is 0 Å².